The summed E-state index contributed by atoms with van der Waals surface area (Å²) in [5.41, 5.74) is 1.98. The van der Waals surface area contributed by atoms with E-state index in [2.05, 4.69) is 37.5 Å². The molecule has 1 saturated heterocycles. The fraction of sp³-hybridized carbons (Fsp3) is 0.316. The van der Waals surface area contributed by atoms with Gasteiger partial charge in [-0.3, -0.25) is 4.98 Å². The van der Waals surface area contributed by atoms with E-state index in [1.807, 2.05) is 12.1 Å². The van der Waals surface area contributed by atoms with E-state index < -0.39 is 5.82 Å². The van der Waals surface area contributed by atoms with Gasteiger partial charge in [0.1, 0.15) is 11.3 Å². The fourth-order valence-electron chi connectivity index (χ4n) is 3.17. The summed E-state index contributed by atoms with van der Waals surface area (Å²) in [5.74, 6) is 0.577. The molecule has 0 aliphatic carbocycles. The van der Waals surface area contributed by atoms with E-state index >= 15 is 0 Å². The Bertz CT molecular complexity index is 958. The van der Waals surface area contributed by atoms with Crippen molar-refractivity contribution < 1.29 is 4.39 Å². The van der Waals surface area contributed by atoms with Gasteiger partial charge in [0.15, 0.2) is 5.82 Å². The topological polar surface area (TPSA) is 66.0 Å². The predicted octanol–water partition coefficient (Wildman–Crippen LogP) is 4.07. The maximum absolute atomic E-state index is 13.7. The van der Waals surface area contributed by atoms with Crippen LogP contribution in [0.4, 0.5) is 21.8 Å². The first-order chi connectivity index (χ1) is 13.1. The number of pyridine rings is 1. The van der Waals surface area contributed by atoms with Gasteiger partial charge in [-0.15, -0.1) is 0 Å². The summed E-state index contributed by atoms with van der Waals surface area (Å²) in [6.45, 7) is 2.09. The second kappa shape index (κ2) is 7.62. The summed E-state index contributed by atoms with van der Waals surface area (Å²) in [7, 11) is 2.13. The van der Waals surface area contributed by atoms with Gasteiger partial charge in [0, 0.05) is 17.9 Å². The summed E-state index contributed by atoms with van der Waals surface area (Å²) in [6, 6.07) is 8.56. The maximum atomic E-state index is 13.7. The fourth-order valence-corrected chi connectivity index (χ4v) is 3.29. The Morgan fingerprint density at radius 2 is 2.00 bits per heavy atom. The number of rotatable bonds is 4. The molecule has 2 aromatic heterocycles. The van der Waals surface area contributed by atoms with Gasteiger partial charge in [-0.05, 0) is 63.3 Å². The van der Waals surface area contributed by atoms with E-state index in [4.69, 9.17) is 11.6 Å². The number of aromatic nitrogens is 3. The van der Waals surface area contributed by atoms with Crippen LogP contribution >= 0.6 is 11.6 Å². The Morgan fingerprint density at radius 1 is 1.19 bits per heavy atom. The van der Waals surface area contributed by atoms with Gasteiger partial charge in [-0.25, -0.2) is 9.37 Å². The number of fused-ring (bicyclic) bond motifs is 1. The number of hydrogen-bond donors (Lipinski definition) is 2. The molecule has 1 aliphatic rings. The van der Waals surface area contributed by atoms with Crippen molar-refractivity contribution >= 4 is 40.1 Å². The van der Waals surface area contributed by atoms with Crippen LogP contribution in [0.25, 0.3) is 11.0 Å². The van der Waals surface area contributed by atoms with E-state index in [1.54, 1.807) is 12.3 Å². The van der Waals surface area contributed by atoms with Gasteiger partial charge in [0.05, 0.1) is 10.5 Å². The highest BCUT2D eigenvalue weighted by molar-refractivity contribution is 6.30. The van der Waals surface area contributed by atoms with Crippen LogP contribution in [0.2, 0.25) is 5.02 Å². The van der Waals surface area contributed by atoms with E-state index in [1.165, 1.54) is 12.1 Å². The Morgan fingerprint density at radius 3 is 2.78 bits per heavy atom. The Balaban J connectivity index is 1.64. The second-order valence-corrected chi connectivity index (χ2v) is 7.15. The van der Waals surface area contributed by atoms with Gasteiger partial charge in [0.2, 0.25) is 5.95 Å². The number of hydrogen-bond acceptors (Lipinski definition) is 6. The molecule has 0 radical (unpaired) electrons. The lowest BCUT2D eigenvalue weighted by Crippen LogP contribution is -2.37. The summed E-state index contributed by atoms with van der Waals surface area (Å²) in [4.78, 5) is 15.8. The zero-order valence-electron chi connectivity index (χ0n) is 14.9. The maximum Gasteiger partial charge on any atom is 0.229 e. The Labute approximate surface area is 161 Å². The lowest BCUT2D eigenvalue weighted by molar-refractivity contribution is 0.263. The number of anilines is 3. The van der Waals surface area contributed by atoms with Crippen LogP contribution in [0.5, 0.6) is 0 Å². The number of nitrogens with zero attached hydrogens (tertiary/aromatic N) is 4. The molecule has 3 heterocycles. The normalized spacial score (nSPS) is 15.8. The number of piperidine rings is 1. The van der Waals surface area contributed by atoms with Crippen molar-refractivity contribution in [2.24, 2.45) is 0 Å². The van der Waals surface area contributed by atoms with Crippen molar-refractivity contribution in [3.05, 3.63) is 47.4 Å². The first-order valence-electron chi connectivity index (χ1n) is 8.88. The molecule has 0 spiro atoms. The highest BCUT2D eigenvalue weighted by atomic mass is 35.5. The zero-order valence-corrected chi connectivity index (χ0v) is 15.7. The molecule has 3 aromatic rings. The Hall–Kier alpha value is -2.51. The van der Waals surface area contributed by atoms with Crippen LogP contribution in [-0.4, -0.2) is 46.0 Å². The van der Waals surface area contributed by atoms with Crippen molar-refractivity contribution in [1.29, 1.82) is 0 Å². The molecular weight excluding hydrogens is 367 g/mol. The summed E-state index contributed by atoms with van der Waals surface area (Å²) in [6.07, 6.45) is 3.81. The summed E-state index contributed by atoms with van der Waals surface area (Å²) in [5, 5.41) is 6.65. The van der Waals surface area contributed by atoms with Crippen LogP contribution in [0, 0.1) is 5.82 Å². The lowest BCUT2D eigenvalue weighted by Gasteiger charge is -2.30. The molecule has 0 unspecified atom stereocenters. The summed E-state index contributed by atoms with van der Waals surface area (Å²) < 4.78 is 13.7. The van der Waals surface area contributed by atoms with Gasteiger partial charge < -0.3 is 15.5 Å². The molecule has 27 heavy (non-hydrogen) atoms. The van der Waals surface area contributed by atoms with Crippen LogP contribution < -0.4 is 10.6 Å². The van der Waals surface area contributed by atoms with Gasteiger partial charge in [0.25, 0.3) is 0 Å². The molecular formula is C19H20ClFN6. The van der Waals surface area contributed by atoms with Crippen molar-refractivity contribution in [3.63, 3.8) is 0 Å². The molecule has 1 aliphatic heterocycles. The molecule has 2 N–H and O–H groups in total. The van der Waals surface area contributed by atoms with Crippen LogP contribution in [0.3, 0.4) is 0 Å². The molecule has 4 rings (SSSR count). The van der Waals surface area contributed by atoms with E-state index in [9.17, 15) is 4.39 Å². The van der Waals surface area contributed by atoms with Crippen molar-refractivity contribution in [1.82, 2.24) is 19.9 Å². The lowest BCUT2D eigenvalue weighted by atomic mass is 10.1. The third-order valence-corrected chi connectivity index (χ3v) is 5.00. The minimum atomic E-state index is -0.492. The number of likely N-dealkylation sites (tertiary alicyclic amines) is 1. The Kier molecular flexibility index (Phi) is 5.05. The number of benzene rings is 1. The minimum absolute atomic E-state index is 0.0776. The zero-order chi connectivity index (χ0) is 18.8. The third-order valence-electron chi connectivity index (χ3n) is 4.69. The summed E-state index contributed by atoms with van der Waals surface area (Å²) >= 11 is 5.75. The van der Waals surface area contributed by atoms with Gasteiger partial charge >= 0.3 is 0 Å². The van der Waals surface area contributed by atoms with E-state index in [-0.39, 0.29) is 5.02 Å². The highest BCUT2D eigenvalue weighted by Gasteiger charge is 2.19. The first kappa shape index (κ1) is 17.9. The molecule has 0 saturated carbocycles. The average Bonchev–Trinajstić information content (AvgIpc) is 2.67. The standard InChI is InChI=1S/C19H20ClFN6/c1-27-9-6-12(7-10-27)23-18-17-16(3-2-8-22-17)25-19(26-18)24-13-4-5-14(20)15(21)11-13/h2-5,8,11-12H,6-7,9-10H2,1H3,(H2,23,24,25,26). The molecule has 8 heteroatoms. The van der Waals surface area contributed by atoms with Crippen molar-refractivity contribution in [2.75, 3.05) is 30.8 Å². The smallest absolute Gasteiger partial charge is 0.229 e. The number of halogens is 2. The van der Waals surface area contributed by atoms with Crippen LogP contribution in [-0.2, 0) is 0 Å². The van der Waals surface area contributed by atoms with Crippen molar-refractivity contribution in [3.8, 4) is 0 Å². The van der Waals surface area contributed by atoms with Crippen LogP contribution in [0.1, 0.15) is 12.8 Å². The molecule has 6 nitrogen and oxygen atoms in total. The third kappa shape index (κ3) is 4.09. The molecule has 1 aromatic carbocycles. The molecule has 140 valence electrons. The van der Waals surface area contributed by atoms with Crippen molar-refractivity contribution in [2.45, 2.75) is 18.9 Å². The monoisotopic (exact) mass is 386 g/mol. The van der Waals surface area contributed by atoms with Gasteiger partial charge in [-0.2, -0.15) is 4.98 Å². The highest BCUT2D eigenvalue weighted by Crippen LogP contribution is 2.25. The number of nitrogens with one attached hydrogen (secondary N) is 2. The predicted molar refractivity (Wildman–Crippen MR) is 106 cm³/mol. The van der Waals surface area contributed by atoms with Gasteiger partial charge in [-0.1, -0.05) is 11.6 Å². The second-order valence-electron chi connectivity index (χ2n) is 6.74. The minimum Gasteiger partial charge on any atom is -0.365 e. The molecule has 0 amide bonds. The quantitative estimate of drug-likeness (QED) is 0.704. The van der Waals surface area contributed by atoms with E-state index in [0.29, 0.717) is 23.5 Å². The van der Waals surface area contributed by atoms with Crippen LogP contribution in [0.15, 0.2) is 36.5 Å². The average molecular weight is 387 g/mol. The van der Waals surface area contributed by atoms with E-state index in [0.717, 1.165) is 37.0 Å². The SMILES string of the molecule is CN1CCC(Nc2nc(Nc3ccc(Cl)c(F)c3)nc3cccnc23)CC1. The molecule has 1 fully saturated rings. The molecule has 0 bridgehead atoms. The first-order valence-corrected chi connectivity index (χ1v) is 9.26. The largest absolute Gasteiger partial charge is 0.365 e. The molecule has 0 atom stereocenters.